The lowest BCUT2D eigenvalue weighted by atomic mass is 10.1. The van der Waals surface area contributed by atoms with Crippen LogP contribution in [0.25, 0.3) is 0 Å². The number of non-ortho nitro benzene ring substituents is 1. The Hall–Kier alpha value is -1.66. The molecule has 1 rings (SSSR count). The molecule has 0 aliphatic rings. The Balaban J connectivity index is 0.00000289. The molecule has 0 saturated carbocycles. The van der Waals surface area contributed by atoms with E-state index in [2.05, 4.69) is 5.32 Å². The summed E-state index contributed by atoms with van der Waals surface area (Å²) in [7, 11) is 0. The number of hydrogen-bond acceptors (Lipinski definition) is 4. The lowest BCUT2D eigenvalue weighted by molar-refractivity contribution is -0.384. The van der Waals surface area contributed by atoms with E-state index >= 15 is 0 Å². The normalized spacial score (nSPS) is 11.2. The molecule has 7 heteroatoms. The van der Waals surface area contributed by atoms with Crippen molar-refractivity contribution >= 4 is 24.0 Å². The summed E-state index contributed by atoms with van der Waals surface area (Å²) in [5.74, 6) is -0.161. The Kier molecular flexibility index (Phi) is 6.92. The molecule has 1 aromatic rings. The summed E-state index contributed by atoms with van der Waals surface area (Å²) in [5, 5.41) is 13.3. The van der Waals surface area contributed by atoms with Crippen molar-refractivity contribution in [1.29, 1.82) is 0 Å². The van der Waals surface area contributed by atoms with E-state index in [9.17, 15) is 14.9 Å². The first-order valence-corrected chi connectivity index (χ1v) is 5.28. The van der Waals surface area contributed by atoms with E-state index < -0.39 is 4.92 Å². The molecule has 6 nitrogen and oxygen atoms in total. The third kappa shape index (κ3) is 4.68. The molecule has 0 aromatic heterocycles. The van der Waals surface area contributed by atoms with Crippen LogP contribution in [-0.4, -0.2) is 17.4 Å². The molecule has 0 heterocycles. The highest BCUT2D eigenvalue weighted by molar-refractivity contribution is 5.85. The van der Waals surface area contributed by atoms with Gasteiger partial charge in [-0.3, -0.25) is 14.9 Å². The summed E-state index contributed by atoms with van der Waals surface area (Å²) in [6, 6.07) is 5.93. The number of nitro benzene ring substituents is 1. The third-order valence-electron chi connectivity index (χ3n) is 2.33. The predicted octanol–water partition coefficient (Wildman–Crippen LogP) is 1.54. The van der Waals surface area contributed by atoms with Gasteiger partial charge < -0.3 is 11.1 Å². The first-order chi connectivity index (χ1) is 8.04. The molecule has 1 atom stereocenters. The van der Waals surface area contributed by atoms with Crippen LogP contribution in [0.1, 0.15) is 24.9 Å². The average Bonchev–Trinajstić information content (AvgIpc) is 2.29. The smallest absolute Gasteiger partial charge is 0.269 e. The van der Waals surface area contributed by atoms with Crippen LogP contribution in [0.5, 0.6) is 0 Å². The minimum absolute atomic E-state index is 0. The second kappa shape index (κ2) is 7.62. The predicted molar refractivity (Wildman–Crippen MR) is 70.6 cm³/mol. The minimum Gasteiger partial charge on any atom is -0.350 e. The van der Waals surface area contributed by atoms with Gasteiger partial charge in [-0.1, -0.05) is 12.1 Å². The maximum absolute atomic E-state index is 11.3. The number of benzene rings is 1. The van der Waals surface area contributed by atoms with E-state index in [1.807, 2.05) is 0 Å². The highest BCUT2D eigenvalue weighted by Gasteiger charge is 2.12. The van der Waals surface area contributed by atoms with E-state index in [1.54, 1.807) is 19.1 Å². The zero-order valence-electron chi connectivity index (χ0n) is 9.96. The molecule has 0 aliphatic heterocycles. The molecule has 18 heavy (non-hydrogen) atoms. The number of nitrogens with two attached hydrogens (primary N) is 1. The number of carbonyl (C=O) groups is 1. The van der Waals surface area contributed by atoms with E-state index in [-0.39, 0.29) is 43.0 Å². The van der Waals surface area contributed by atoms with Crippen molar-refractivity contribution in [2.45, 2.75) is 19.4 Å². The quantitative estimate of drug-likeness (QED) is 0.628. The van der Waals surface area contributed by atoms with Crippen LogP contribution in [-0.2, 0) is 4.79 Å². The van der Waals surface area contributed by atoms with Crippen LogP contribution in [0.2, 0.25) is 0 Å². The highest BCUT2D eigenvalue weighted by Crippen LogP contribution is 2.18. The van der Waals surface area contributed by atoms with Crippen LogP contribution < -0.4 is 11.1 Å². The van der Waals surface area contributed by atoms with Gasteiger partial charge in [0.25, 0.3) is 5.69 Å². The largest absolute Gasteiger partial charge is 0.350 e. The van der Waals surface area contributed by atoms with E-state index in [0.717, 1.165) is 0 Å². The molecule has 0 saturated heterocycles. The van der Waals surface area contributed by atoms with Crippen LogP contribution in [0, 0.1) is 10.1 Å². The Bertz CT molecular complexity index is 426. The number of carbonyl (C=O) groups excluding carboxylic acids is 1. The third-order valence-corrected chi connectivity index (χ3v) is 2.33. The Labute approximate surface area is 111 Å². The van der Waals surface area contributed by atoms with E-state index in [4.69, 9.17) is 5.73 Å². The van der Waals surface area contributed by atoms with E-state index in [0.29, 0.717) is 5.56 Å². The minimum atomic E-state index is -0.460. The van der Waals surface area contributed by atoms with Crippen LogP contribution >= 0.6 is 12.4 Å². The topological polar surface area (TPSA) is 98.3 Å². The number of halogens is 1. The molecule has 0 spiro atoms. The number of amides is 1. The fourth-order valence-corrected chi connectivity index (χ4v) is 1.44. The lowest BCUT2D eigenvalue weighted by Gasteiger charge is -2.13. The first-order valence-electron chi connectivity index (χ1n) is 5.28. The van der Waals surface area contributed by atoms with Gasteiger partial charge in [0, 0.05) is 25.1 Å². The number of nitrogens with zero attached hydrogens (tertiary/aromatic N) is 1. The second-order valence-corrected chi connectivity index (χ2v) is 3.68. The number of hydrogen-bond donors (Lipinski definition) is 2. The fraction of sp³-hybridized carbons (Fsp3) is 0.364. The molecular formula is C11H16ClN3O3. The van der Waals surface area contributed by atoms with Crippen molar-refractivity contribution in [2.75, 3.05) is 6.54 Å². The molecule has 100 valence electrons. The molecule has 0 fully saturated rings. The Morgan fingerprint density at radius 3 is 2.78 bits per heavy atom. The maximum atomic E-state index is 11.3. The number of nitrogens with one attached hydrogen (secondary N) is 1. The molecular weight excluding hydrogens is 258 g/mol. The monoisotopic (exact) mass is 273 g/mol. The van der Waals surface area contributed by atoms with Gasteiger partial charge in [-0.15, -0.1) is 12.4 Å². The van der Waals surface area contributed by atoms with Gasteiger partial charge in [0.05, 0.1) is 11.0 Å². The Morgan fingerprint density at radius 1 is 1.56 bits per heavy atom. The number of nitro groups is 1. The zero-order valence-corrected chi connectivity index (χ0v) is 10.8. The summed E-state index contributed by atoms with van der Waals surface area (Å²) < 4.78 is 0. The average molecular weight is 274 g/mol. The van der Waals surface area contributed by atoms with Gasteiger partial charge >= 0.3 is 0 Å². The van der Waals surface area contributed by atoms with Gasteiger partial charge in [0.1, 0.15) is 0 Å². The SMILES string of the molecule is CC(NC(=O)CCN)c1cccc([N+](=O)[O-])c1.Cl. The van der Waals surface area contributed by atoms with Gasteiger partial charge in [-0.25, -0.2) is 0 Å². The van der Waals surface area contributed by atoms with Gasteiger partial charge in [0.2, 0.25) is 5.91 Å². The van der Waals surface area contributed by atoms with Crippen molar-refractivity contribution in [3.8, 4) is 0 Å². The Morgan fingerprint density at radius 2 is 2.22 bits per heavy atom. The van der Waals surface area contributed by atoms with E-state index in [1.165, 1.54) is 12.1 Å². The lowest BCUT2D eigenvalue weighted by Crippen LogP contribution is -2.28. The van der Waals surface area contributed by atoms with Crippen LogP contribution in [0.3, 0.4) is 0 Å². The summed E-state index contributed by atoms with van der Waals surface area (Å²) in [6.45, 7) is 2.06. The van der Waals surface area contributed by atoms with Crippen molar-refractivity contribution in [1.82, 2.24) is 5.32 Å². The summed E-state index contributed by atoms with van der Waals surface area (Å²) >= 11 is 0. The van der Waals surface area contributed by atoms with Gasteiger partial charge in [-0.05, 0) is 12.5 Å². The molecule has 0 aliphatic carbocycles. The molecule has 0 bridgehead atoms. The van der Waals surface area contributed by atoms with Crippen molar-refractivity contribution in [3.63, 3.8) is 0 Å². The van der Waals surface area contributed by atoms with Crippen LogP contribution in [0.15, 0.2) is 24.3 Å². The van der Waals surface area contributed by atoms with Crippen LogP contribution in [0.4, 0.5) is 5.69 Å². The zero-order chi connectivity index (χ0) is 12.8. The maximum Gasteiger partial charge on any atom is 0.269 e. The first kappa shape index (κ1) is 16.3. The number of rotatable bonds is 5. The highest BCUT2D eigenvalue weighted by atomic mass is 35.5. The molecule has 1 aromatic carbocycles. The van der Waals surface area contributed by atoms with Gasteiger partial charge in [-0.2, -0.15) is 0 Å². The van der Waals surface area contributed by atoms with Gasteiger partial charge in [0.15, 0.2) is 0 Å². The van der Waals surface area contributed by atoms with Crippen molar-refractivity contribution in [3.05, 3.63) is 39.9 Å². The van der Waals surface area contributed by atoms with Crippen molar-refractivity contribution < 1.29 is 9.72 Å². The molecule has 3 N–H and O–H groups in total. The molecule has 1 amide bonds. The van der Waals surface area contributed by atoms with Crippen molar-refractivity contribution in [2.24, 2.45) is 5.73 Å². The summed E-state index contributed by atoms with van der Waals surface area (Å²) in [4.78, 5) is 21.5. The molecule has 0 radical (unpaired) electrons. The fourth-order valence-electron chi connectivity index (χ4n) is 1.44. The second-order valence-electron chi connectivity index (χ2n) is 3.68. The molecule has 1 unspecified atom stereocenters. The summed E-state index contributed by atoms with van der Waals surface area (Å²) in [5.41, 5.74) is 5.97. The standard InChI is InChI=1S/C11H15N3O3.ClH/c1-8(13-11(15)5-6-12)9-3-2-4-10(7-9)14(16)17;/h2-4,7-8H,5-6,12H2,1H3,(H,13,15);1H. The summed E-state index contributed by atoms with van der Waals surface area (Å²) in [6.07, 6.45) is 0.249.